The van der Waals surface area contributed by atoms with E-state index >= 15 is 0 Å². The summed E-state index contributed by atoms with van der Waals surface area (Å²) in [6.07, 6.45) is 3.74. The fourth-order valence-corrected chi connectivity index (χ4v) is 3.92. The number of aromatic nitrogens is 3. The third-order valence-corrected chi connectivity index (χ3v) is 5.11. The number of nitrogens with two attached hydrogens (primary N) is 1. The zero-order chi connectivity index (χ0) is 15.6. The van der Waals surface area contributed by atoms with E-state index in [1.165, 1.54) is 11.0 Å². The summed E-state index contributed by atoms with van der Waals surface area (Å²) in [4.78, 5) is 15.3. The summed E-state index contributed by atoms with van der Waals surface area (Å²) in [6.45, 7) is 1.97. The lowest BCUT2D eigenvalue weighted by atomic mass is 10.1. The van der Waals surface area contributed by atoms with Gasteiger partial charge in [0.2, 0.25) is 0 Å². The molecule has 3 aromatic rings. The predicted molar refractivity (Wildman–Crippen MR) is 94.9 cm³/mol. The summed E-state index contributed by atoms with van der Waals surface area (Å²) in [5.74, 6) is 1.27. The van der Waals surface area contributed by atoms with Crippen LogP contribution in [-0.2, 0) is 0 Å². The summed E-state index contributed by atoms with van der Waals surface area (Å²) < 4.78 is 1.24. The molecule has 6 nitrogen and oxygen atoms in total. The highest BCUT2D eigenvalue weighted by atomic mass is 32.1. The van der Waals surface area contributed by atoms with Crippen molar-refractivity contribution in [1.29, 1.82) is 0 Å². The van der Waals surface area contributed by atoms with Crippen LogP contribution in [0.2, 0.25) is 0 Å². The highest BCUT2D eigenvalue weighted by Gasteiger charge is 2.22. The molecule has 0 bridgehead atoms. The average molecular weight is 326 g/mol. The van der Waals surface area contributed by atoms with E-state index in [2.05, 4.69) is 38.4 Å². The number of para-hydroxylation sites is 1. The van der Waals surface area contributed by atoms with Crippen LogP contribution in [0.3, 0.4) is 0 Å². The van der Waals surface area contributed by atoms with Crippen LogP contribution in [0.25, 0.3) is 10.2 Å². The number of fused-ring (bicyclic) bond motifs is 1. The minimum atomic E-state index is 0.338. The number of nitrogens with zero attached hydrogens (tertiary/aromatic N) is 4. The monoisotopic (exact) mass is 326 g/mol. The maximum atomic E-state index is 5.72. The molecule has 7 heteroatoms. The van der Waals surface area contributed by atoms with Gasteiger partial charge in [-0.05, 0) is 25.0 Å². The lowest BCUT2D eigenvalue weighted by molar-refractivity contribution is 0.528. The number of nitrogen functional groups attached to an aromatic ring is 1. The predicted octanol–water partition coefficient (Wildman–Crippen LogP) is 2.75. The van der Waals surface area contributed by atoms with Crippen molar-refractivity contribution in [3.8, 4) is 0 Å². The number of anilines is 3. The minimum absolute atomic E-state index is 0.338. The fraction of sp³-hybridized carbons (Fsp3) is 0.312. The molecule has 1 atom stereocenters. The van der Waals surface area contributed by atoms with Crippen molar-refractivity contribution in [3.63, 3.8) is 0 Å². The lowest BCUT2D eigenvalue weighted by Gasteiger charge is -2.33. The first-order valence-corrected chi connectivity index (χ1v) is 8.54. The summed E-state index contributed by atoms with van der Waals surface area (Å²) in [7, 11) is 0. The molecule has 0 amide bonds. The Bertz CT molecular complexity index is 784. The number of nitrogens with one attached hydrogen (secondary N) is 1. The Kier molecular flexibility index (Phi) is 3.70. The molecule has 0 spiro atoms. The van der Waals surface area contributed by atoms with Crippen LogP contribution >= 0.6 is 11.3 Å². The van der Waals surface area contributed by atoms with Gasteiger partial charge in [-0.1, -0.05) is 23.5 Å². The van der Waals surface area contributed by atoms with Gasteiger partial charge in [-0.3, -0.25) is 0 Å². The van der Waals surface area contributed by atoms with Crippen LogP contribution in [0.15, 0.2) is 36.7 Å². The molecule has 0 saturated carbocycles. The zero-order valence-electron chi connectivity index (χ0n) is 12.6. The SMILES string of the molecule is Nc1cc(N[C@H]2CCCN(c3nc4ccccc4s3)C2)ncn1. The number of piperidine rings is 1. The van der Waals surface area contributed by atoms with Crippen LogP contribution in [0.4, 0.5) is 16.8 Å². The van der Waals surface area contributed by atoms with Gasteiger partial charge in [-0.2, -0.15) is 0 Å². The smallest absolute Gasteiger partial charge is 0.186 e. The molecule has 0 unspecified atom stereocenters. The van der Waals surface area contributed by atoms with E-state index in [1.54, 1.807) is 17.4 Å². The van der Waals surface area contributed by atoms with E-state index in [9.17, 15) is 0 Å². The Balaban J connectivity index is 1.50. The van der Waals surface area contributed by atoms with Crippen LogP contribution in [0.5, 0.6) is 0 Å². The summed E-state index contributed by atoms with van der Waals surface area (Å²) >= 11 is 1.76. The van der Waals surface area contributed by atoms with Gasteiger partial charge < -0.3 is 16.0 Å². The number of hydrogen-bond acceptors (Lipinski definition) is 7. The molecule has 1 saturated heterocycles. The van der Waals surface area contributed by atoms with E-state index < -0.39 is 0 Å². The minimum Gasteiger partial charge on any atom is -0.384 e. The van der Waals surface area contributed by atoms with Crippen LogP contribution in [0, 0.1) is 0 Å². The number of thiazole rings is 1. The fourth-order valence-electron chi connectivity index (χ4n) is 2.92. The third kappa shape index (κ3) is 3.05. The molecule has 3 heterocycles. The molecule has 4 rings (SSSR count). The Morgan fingerprint density at radius 1 is 1.26 bits per heavy atom. The second-order valence-electron chi connectivity index (χ2n) is 5.72. The summed E-state index contributed by atoms with van der Waals surface area (Å²) in [5, 5.41) is 4.56. The molecule has 0 radical (unpaired) electrons. The number of hydrogen-bond donors (Lipinski definition) is 2. The van der Waals surface area contributed by atoms with Gasteiger partial charge in [0.1, 0.15) is 18.0 Å². The van der Waals surface area contributed by atoms with Gasteiger partial charge in [0.25, 0.3) is 0 Å². The Labute approximate surface area is 138 Å². The van der Waals surface area contributed by atoms with Gasteiger partial charge in [0, 0.05) is 25.2 Å². The second-order valence-corrected chi connectivity index (χ2v) is 6.73. The molecular formula is C16H18N6S. The van der Waals surface area contributed by atoms with Crippen LogP contribution in [-0.4, -0.2) is 34.1 Å². The molecule has 1 aliphatic rings. The van der Waals surface area contributed by atoms with E-state index in [4.69, 9.17) is 10.7 Å². The first-order valence-electron chi connectivity index (χ1n) is 7.72. The second kappa shape index (κ2) is 6.00. The number of benzene rings is 1. The maximum Gasteiger partial charge on any atom is 0.186 e. The van der Waals surface area contributed by atoms with Crippen molar-refractivity contribution in [2.75, 3.05) is 29.0 Å². The van der Waals surface area contributed by atoms with Gasteiger partial charge in [0.15, 0.2) is 5.13 Å². The van der Waals surface area contributed by atoms with Crippen molar-refractivity contribution in [2.45, 2.75) is 18.9 Å². The molecule has 1 fully saturated rings. The van der Waals surface area contributed by atoms with E-state index in [0.29, 0.717) is 11.9 Å². The summed E-state index contributed by atoms with van der Waals surface area (Å²) in [5.41, 5.74) is 6.79. The molecule has 118 valence electrons. The van der Waals surface area contributed by atoms with Crippen LogP contribution < -0.4 is 16.0 Å². The molecule has 3 N–H and O–H groups in total. The van der Waals surface area contributed by atoms with Crippen molar-refractivity contribution in [3.05, 3.63) is 36.7 Å². The standard InChI is InChI=1S/C16H18N6S/c17-14-8-15(19-10-18-14)20-11-4-3-7-22(9-11)16-21-12-5-1-2-6-13(12)23-16/h1-2,5-6,8,10-11H,3-4,7,9H2,(H3,17,18,19,20)/t11-/m0/s1. The van der Waals surface area contributed by atoms with E-state index in [-0.39, 0.29) is 0 Å². The molecule has 1 aliphatic heterocycles. The third-order valence-electron chi connectivity index (χ3n) is 4.01. The van der Waals surface area contributed by atoms with Crippen molar-refractivity contribution in [2.24, 2.45) is 0 Å². The quantitative estimate of drug-likeness (QED) is 0.770. The van der Waals surface area contributed by atoms with Crippen molar-refractivity contribution < 1.29 is 0 Å². The van der Waals surface area contributed by atoms with Gasteiger partial charge in [0.05, 0.1) is 10.2 Å². The van der Waals surface area contributed by atoms with Crippen LogP contribution in [0.1, 0.15) is 12.8 Å². The highest BCUT2D eigenvalue weighted by Crippen LogP contribution is 2.30. The molecule has 2 aromatic heterocycles. The van der Waals surface area contributed by atoms with Gasteiger partial charge in [-0.25, -0.2) is 15.0 Å². The molecule has 0 aliphatic carbocycles. The average Bonchev–Trinajstić information content (AvgIpc) is 2.99. The molecule has 1 aromatic carbocycles. The summed E-state index contributed by atoms with van der Waals surface area (Å²) in [6, 6.07) is 10.4. The maximum absolute atomic E-state index is 5.72. The number of rotatable bonds is 3. The highest BCUT2D eigenvalue weighted by molar-refractivity contribution is 7.22. The van der Waals surface area contributed by atoms with Gasteiger partial charge >= 0.3 is 0 Å². The zero-order valence-corrected chi connectivity index (χ0v) is 13.5. The van der Waals surface area contributed by atoms with Crippen molar-refractivity contribution in [1.82, 2.24) is 15.0 Å². The molecular weight excluding hydrogens is 308 g/mol. The molecule has 23 heavy (non-hydrogen) atoms. The Hall–Kier alpha value is -2.41. The Morgan fingerprint density at radius 2 is 2.17 bits per heavy atom. The largest absolute Gasteiger partial charge is 0.384 e. The van der Waals surface area contributed by atoms with Gasteiger partial charge in [-0.15, -0.1) is 0 Å². The Morgan fingerprint density at radius 3 is 3.04 bits per heavy atom. The van der Waals surface area contributed by atoms with E-state index in [0.717, 1.165) is 42.4 Å². The lowest BCUT2D eigenvalue weighted by Crippen LogP contribution is -2.42. The first-order chi connectivity index (χ1) is 11.3. The topological polar surface area (TPSA) is 80.0 Å². The first kappa shape index (κ1) is 14.2. The van der Waals surface area contributed by atoms with E-state index in [1.807, 2.05) is 6.07 Å². The normalized spacial score (nSPS) is 18.3. The van der Waals surface area contributed by atoms with Crippen molar-refractivity contribution >= 4 is 38.3 Å².